The average Bonchev–Trinajstić information content (AvgIpc) is 2.68. The first kappa shape index (κ1) is 19.2. The Hall–Kier alpha value is -3.54. The third-order valence-electron chi connectivity index (χ3n) is 4.15. The molecule has 142 valence electrons. The minimum atomic E-state index is -0.248. The number of hydrogen-bond acceptors (Lipinski definition) is 5. The molecular formula is C22H22N4O2. The van der Waals surface area contributed by atoms with Crippen LogP contribution in [0.3, 0.4) is 0 Å². The number of benzene rings is 2. The fourth-order valence-electron chi connectivity index (χ4n) is 2.77. The molecule has 0 radical (unpaired) electrons. The minimum absolute atomic E-state index is 0.0130. The third-order valence-corrected chi connectivity index (χ3v) is 4.15. The van der Waals surface area contributed by atoms with Crippen LogP contribution >= 0.6 is 0 Å². The zero-order valence-corrected chi connectivity index (χ0v) is 15.9. The molecule has 1 heterocycles. The lowest BCUT2D eigenvalue weighted by molar-refractivity contribution is 0.0948. The molecule has 0 fully saturated rings. The quantitative estimate of drug-likeness (QED) is 0.616. The van der Waals surface area contributed by atoms with Gasteiger partial charge < -0.3 is 10.6 Å². The molecule has 2 aromatic carbocycles. The van der Waals surface area contributed by atoms with Crippen molar-refractivity contribution < 1.29 is 9.59 Å². The summed E-state index contributed by atoms with van der Waals surface area (Å²) in [4.78, 5) is 32.6. The summed E-state index contributed by atoms with van der Waals surface area (Å²) in [5.41, 5.74) is 2.79. The van der Waals surface area contributed by atoms with Crippen molar-refractivity contribution in [3.05, 3.63) is 83.3 Å². The highest BCUT2D eigenvalue weighted by molar-refractivity contribution is 5.95. The summed E-state index contributed by atoms with van der Waals surface area (Å²) < 4.78 is 0. The molecule has 0 atom stereocenters. The van der Waals surface area contributed by atoms with E-state index in [1.165, 1.54) is 6.92 Å². The SMILES string of the molecule is CC(=O)c1cccc(Nc2cc(C(=O)NCCc3ccccc3)nc(C)n2)c1. The first-order valence-corrected chi connectivity index (χ1v) is 9.07. The van der Waals surface area contributed by atoms with Gasteiger partial charge in [-0.15, -0.1) is 0 Å². The minimum Gasteiger partial charge on any atom is -0.350 e. The van der Waals surface area contributed by atoms with Crippen molar-refractivity contribution in [3.8, 4) is 0 Å². The second-order valence-corrected chi connectivity index (χ2v) is 6.44. The van der Waals surface area contributed by atoms with Gasteiger partial charge in [-0.3, -0.25) is 9.59 Å². The summed E-state index contributed by atoms with van der Waals surface area (Å²) in [6, 6.07) is 18.7. The second-order valence-electron chi connectivity index (χ2n) is 6.44. The maximum atomic E-state index is 12.5. The molecule has 3 aromatic rings. The fourth-order valence-corrected chi connectivity index (χ4v) is 2.77. The molecule has 0 bridgehead atoms. The zero-order valence-electron chi connectivity index (χ0n) is 15.9. The number of nitrogens with zero attached hydrogens (tertiary/aromatic N) is 2. The number of nitrogens with one attached hydrogen (secondary N) is 2. The van der Waals surface area contributed by atoms with Crippen molar-refractivity contribution in [2.45, 2.75) is 20.3 Å². The number of rotatable bonds is 7. The molecule has 0 saturated heterocycles. The Morgan fingerprint density at radius 1 is 0.964 bits per heavy atom. The van der Waals surface area contributed by atoms with Crippen LogP contribution in [-0.2, 0) is 6.42 Å². The Kier molecular flexibility index (Phi) is 6.11. The maximum absolute atomic E-state index is 12.5. The van der Waals surface area contributed by atoms with E-state index < -0.39 is 0 Å². The highest BCUT2D eigenvalue weighted by Crippen LogP contribution is 2.17. The van der Waals surface area contributed by atoms with Crippen LogP contribution in [0.4, 0.5) is 11.5 Å². The topological polar surface area (TPSA) is 84.0 Å². The van der Waals surface area contributed by atoms with Gasteiger partial charge in [0.15, 0.2) is 5.78 Å². The van der Waals surface area contributed by atoms with E-state index in [4.69, 9.17) is 0 Å². The van der Waals surface area contributed by atoms with Gasteiger partial charge in [0.1, 0.15) is 17.3 Å². The molecule has 0 aliphatic carbocycles. The van der Waals surface area contributed by atoms with E-state index in [1.807, 2.05) is 36.4 Å². The highest BCUT2D eigenvalue weighted by atomic mass is 16.1. The van der Waals surface area contributed by atoms with Gasteiger partial charge in [-0.05, 0) is 38.0 Å². The fraction of sp³-hybridized carbons (Fsp3) is 0.182. The monoisotopic (exact) mass is 374 g/mol. The van der Waals surface area contributed by atoms with Gasteiger partial charge in [0, 0.05) is 23.9 Å². The molecule has 0 aliphatic rings. The van der Waals surface area contributed by atoms with Crippen LogP contribution in [0, 0.1) is 6.92 Å². The Bertz CT molecular complexity index is 987. The van der Waals surface area contributed by atoms with Crippen LogP contribution in [0.2, 0.25) is 0 Å². The van der Waals surface area contributed by atoms with Crippen LogP contribution in [0.25, 0.3) is 0 Å². The molecule has 2 N–H and O–H groups in total. The van der Waals surface area contributed by atoms with E-state index in [0.717, 1.165) is 17.7 Å². The van der Waals surface area contributed by atoms with Crippen LogP contribution < -0.4 is 10.6 Å². The van der Waals surface area contributed by atoms with E-state index in [-0.39, 0.29) is 11.7 Å². The van der Waals surface area contributed by atoms with Crippen molar-refractivity contribution >= 4 is 23.2 Å². The zero-order chi connectivity index (χ0) is 19.9. The van der Waals surface area contributed by atoms with Crippen molar-refractivity contribution in [1.29, 1.82) is 0 Å². The van der Waals surface area contributed by atoms with Gasteiger partial charge >= 0.3 is 0 Å². The largest absolute Gasteiger partial charge is 0.350 e. The van der Waals surface area contributed by atoms with Gasteiger partial charge in [-0.25, -0.2) is 9.97 Å². The first-order valence-electron chi connectivity index (χ1n) is 9.07. The Morgan fingerprint density at radius 3 is 2.50 bits per heavy atom. The van der Waals surface area contributed by atoms with Gasteiger partial charge in [0.2, 0.25) is 0 Å². The van der Waals surface area contributed by atoms with E-state index >= 15 is 0 Å². The van der Waals surface area contributed by atoms with Crippen molar-refractivity contribution in [1.82, 2.24) is 15.3 Å². The number of carbonyl (C=O) groups excluding carboxylic acids is 2. The predicted octanol–water partition coefficient (Wildman–Crippen LogP) is 3.70. The van der Waals surface area contributed by atoms with E-state index in [9.17, 15) is 9.59 Å². The van der Waals surface area contributed by atoms with Crippen LogP contribution in [0.1, 0.15) is 39.2 Å². The molecule has 0 unspecified atom stereocenters. The Balaban J connectivity index is 1.67. The number of ketones is 1. The number of aromatic nitrogens is 2. The molecule has 1 aromatic heterocycles. The molecule has 28 heavy (non-hydrogen) atoms. The van der Waals surface area contributed by atoms with Gasteiger partial charge in [0.05, 0.1) is 0 Å². The lowest BCUT2D eigenvalue weighted by Crippen LogP contribution is -2.27. The summed E-state index contributed by atoms with van der Waals surface area (Å²) >= 11 is 0. The van der Waals surface area contributed by atoms with E-state index in [2.05, 4.69) is 20.6 Å². The van der Waals surface area contributed by atoms with Gasteiger partial charge in [-0.2, -0.15) is 0 Å². The smallest absolute Gasteiger partial charge is 0.270 e. The van der Waals surface area contributed by atoms with Crippen molar-refractivity contribution in [3.63, 3.8) is 0 Å². The van der Waals surface area contributed by atoms with Crippen molar-refractivity contribution in [2.24, 2.45) is 0 Å². The number of Topliss-reactive ketones (excluding diaryl/α,β-unsaturated/α-hetero) is 1. The van der Waals surface area contributed by atoms with Crippen LogP contribution in [-0.4, -0.2) is 28.2 Å². The van der Waals surface area contributed by atoms with Gasteiger partial charge in [-0.1, -0.05) is 42.5 Å². The number of anilines is 2. The number of carbonyl (C=O) groups is 2. The highest BCUT2D eigenvalue weighted by Gasteiger charge is 2.11. The molecule has 0 aliphatic heterocycles. The number of aryl methyl sites for hydroxylation is 1. The number of hydrogen-bond donors (Lipinski definition) is 2. The summed E-state index contributed by atoms with van der Waals surface area (Å²) in [5.74, 6) is 0.727. The lowest BCUT2D eigenvalue weighted by atomic mass is 10.1. The molecule has 6 heteroatoms. The summed E-state index contributed by atoms with van der Waals surface area (Å²) in [6.45, 7) is 3.78. The summed E-state index contributed by atoms with van der Waals surface area (Å²) in [7, 11) is 0. The molecule has 1 amide bonds. The summed E-state index contributed by atoms with van der Waals surface area (Å²) in [5, 5.41) is 6.02. The Morgan fingerprint density at radius 2 is 1.75 bits per heavy atom. The molecule has 6 nitrogen and oxygen atoms in total. The molecule has 0 saturated carbocycles. The third kappa shape index (κ3) is 5.23. The molecule has 0 spiro atoms. The molecular weight excluding hydrogens is 352 g/mol. The maximum Gasteiger partial charge on any atom is 0.270 e. The number of amides is 1. The summed E-state index contributed by atoms with van der Waals surface area (Å²) in [6.07, 6.45) is 0.750. The van der Waals surface area contributed by atoms with E-state index in [1.54, 1.807) is 31.2 Å². The predicted molar refractivity (Wildman–Crippen MR) is 109 cm³/mol. The van der Waals surface area contributed by atoms with Crippen LogP contribution in [0.5, 0.6) is 0 Å². The van der Waals surface area contributed by atoms with Gasteiger partial charge in [0.25, 0.3) is 5.91 Å². The first-order chi connectivity index (χ1) is 13.5. The molecule has 3 rings (SSSR count). The average molecular weight is 374 g/mol. The van der Waals surface area contributed by atoms with Crippen LogP contribution in [0.15, 0.2) is 60.7 Å². The van der Waals surface area contributed by atoms with Crippen molar-refractivity contribution in [2.75, 3.05) is 11.9 Å². The second kappa shape index (κ2) is 8.90. The van der Waals surface area contributed by atoms with E-state index in [0.29, 0.717) is 29.4 Å². The standard InChI is InChI=1S/C22H22N4O2/c1-15(27)18-9-6-10-19(13-18)26-21-14-20(24-16(2)25-21)22(28)23-12-11-17-7-4-3-5-8-17/h3-10,13-14H,11-12H2,1-2H3,(H,23,28)(H,24,25,26). The lowest BCUT2D eigenvalue weighted by Gasteiger charge is -2.10. The normalized spacial score (nSPS) is 10.4. The Labute approximate surface area is 164 Å².